The van der Waals surface area contributed by atoms with Gasteiger partial charge in [-0.25, -0.2) is 0 Å². The van der Waals surface area contributed by atoms with Gasteiger partial charge in [0.2, 0.25) is 0 Å². The molecule has 3 heterocycles. The van der Waals surface area contributed by atoms with Crippen LogP contribution in [0.25, 0.3) is 0 Å². The van der Waals surface area contributed by atoms with E-state index >= 15 is 0 Å². The van der Waals surface area contributed by atoms with Crippen molar-refractivity contribution in [3.05, 3.63) is 29.0 Å². The smallest absolute Gasteiger partial charge is 0.272 e. The molecule has 5 heteroatoms. The highest BCUT2D eigenvalue weighted by molar-refractivity contribution is 6.30. The van der Waals surface area contributed by atoms with E-state index < -0.39 is 0 Å². The standard InChI is InChI=1S/C14H18ClN3O/c15-11-3-5-16-13(9-11)14(19)18-8-4-12(10-18)17-6-1-2-7-17/h3,5,9,12H,1-2,4,6-8,10H2. The lowest BCUT2D eigenvalue weighted by Gasteiger charge is -2.23. The Hall–Kier alpha value is -1.13. The lowest BCUT2D eigenvalue weighted by atomic mass is 10.2. The van der Waals surface area contributed by atoms with Gasteiger partial charge in [-0.15, -0.1) is 0 Å². The lowest BCUT2D eigenvalue weighted by molar-refractivity contribution is 0.0774. The highest BCUT2D eigenvalue weighted by Crippen LogP contribution is 2.22. The van der Waals surface area contributed by atoms with Crippen LogP contribution in [0.3, 0.4) is 0 Å². The molecule has 0 radical (unpaired) electrons. The molecule has 2 fully saturated rings. The monoisotopic (exact) mass is 279 g/mol. The molecule has 1 amide bonds. The molecule has 102 valence electrons. The SMILES string of the molecule is O=C(c1cc(Cl)ccn1)N1CCC(N2CCCC2)C1. The molecule has 19 heavy (non-hydrogen) atoms. The Bertz CT molecular complexity index is 474. The van der Waals surface area contributed by atoms with Gasteiger partial charge in [0.1, 0.15) is 5.69 Å². The zero-order valence-corrected chi connectivity index (χ0v) is 11.6. The van der Waals surface area contributed by atoms with E-state index in [1.165, 1.54) is 25.9 Å². The predicted octanol–water partition coefficient (Wildman–Crippen LogP) is 2.05. The van der Waals surface area contributed by atoms with E-state index in [9.17, 15) is 4.79 Å². The van der Waals surface area contributed by atoms with Gasteiger partial charge in [-0.2, -0.15) is 0 Å². The molecule has 2 aliphatic heterocycles. The highest BCUT2D eigenvalue weighted by atomic mass is 35.5. The maximum absolute atomic E-state index is 12.3. The molecule has 1 atom stereocenters. The number of aromatic nitrogens is 1. The fourth-order valence-corrected chi connectivity index (χ4v) is 3.17. The number of carbonyl (C=O) groups is 1. The Morgan fingerprint density at radius 3 is 2.84 bits per heavy atom. The van der Waals surface area contributed by atoms with Crippen LogP contribution in [0.15, 0.2) is 18.3 Å². The number of hydrogen-bond acceptors (Lipinski definition) is 3. The number of halogens is 1. The molecule has 0 saturated carbocycles. The van der Waals surface area contributed by atoms with Crippen molar-refractivity contribution in [2.24, 2.45) is 0 Å². The van der Waals surface area contributed by atoms with Crippen LogP contribution in [0.1, 0.15) is 29.8 Å². The largest absolute Gasteiger partial charge is 0.336 e. The summed E-state index contributed by atoms with van der Waals surface area (Å²) < 4.78 is 0. The second-order valence-corrected chi connectivity index (χ2v) is 5.73. The number of pyridine rings is 1. The van der Waals surface area contributed by atoms with Crippen molar-refractivity contribution in [2.45, 2.75) is 25.3 Å². The Labute approximate surface area is 118 Å². The van der Waals surface area contributed by atoms with E-state index in [0.717, 1.165) is 19.5 Å². The van der Waals surface area contributed by atoms with Crippen molar-refractivity contribution < 1.29 is 4.79 Å². The van der Waals surface area contributed by atoms with Crippen molar-refractivity contribution in [1.82, 2.24) is 14.8 Å². The maximum Gasteiger partial charge on any atom is 0.272 e. The molecule has 0 bridgehead atoms. The predicted molar refractivity (Wildman–Crippen MR) is 74.4 cm³/mol. The summed E-state index contributed by atoms with van der Waals surface area (Å²) in [6.45, 7) is 4.02. The summed E-state index contributed by atoms with van der Waals surface area (Å²) in [5.74, 6) is 0.00389. The minimum Gasteiger partial charge on any atom is -0.336 e. The van der Waals surface area contributed by atoms with Gasteiger partial charge in [0.25, 0.3) is 5.91 Å². The molecule has 2 saturated heterocycles. The number of carbonyl (C=O) groups excluding carboxylic acids is 1. The van der Waals surface area contributed by atoms with E-state index in [0.29, 0.717) is 16.8 Å². The van der Waals surface area contributed by atoms with Crippen LogP contribution in [0.4, 0.5) is 0 Å². The summed E-state index contributed by atoms with van der Waals surface area (Å²) in [4.78, 5) is 20.9. The maximum atomic E-state index is 12.3. The number of amides is 1. The first-order valence-corrected chi connectivity index (χ1v) is 7.27. The van der Waals surface area contributed by atoms with Crippen molar-refractivity contribution >= 4 is 17.5 Å². The van der Waals surface area contributed by atoms with Crippen molar-refractivity contribution in [3.8, 4) is 0 Å². The van der Waals surface area contributed by atoms with Crippen LogP contribution in [0.5, 0.6) is 0 Å². The van der Waals surface area contributed by atoms with Gasteiger partial charge in [-0.1, -0.05) is 11.6 Å². The minimum atomic E-state index is 0.00389. The number of likely N-dealkylation sites (tertiary alicyclic amines) is 2. The van der Waals surface area contributed by atoms with Crippen LogP contribution in [0.2, 0.25) is 5.02 Å². The highest BCUT2D eigenvalue weighted by Gasteiger charge is 2.32. The number of nitrogens with zero attached hydrogens (tertiary/aromatic N) is 3. The van der Waals surface area contributed by atoms with Crippen LogP contribution >= 0.6 is 11.6 Å². The third-order valence-electron chi connectivity index (χ3n) is 4.05. The zero-order chi connectivity index (χ0) is 13.2. The molecule has 4 nitrogen and oxygen atoms in total. The molecule has 0 spiro atoms. The molecule has 3 rings (SSSR count). The van der Waals surface area contributed by atoms with Crippen LogP contribution in [0, 0.1) is 0 Å². The van der Waals surface area contributed by atoms with Gasteiger partial charge < -0.3 is 4.90 Å². The van der Waals surface area contributed by atoms with E-state index in [1.807, 2.05) is 4.90 Å². The van der Waals surface area contributed by atoms with Crippen LogP contribution in [-0.2, 0) is 0 Å². The average Bonchev–Trinajstić information content (AvgIpc) is 3.08. The Kier molecular flexibility index (Phi) is 3.71. The average molecular weight is 280 g/mol. The van der Waals surface area contributed by atoms with Gasteiger partial charge in [0, 0.05) is 30.4 Å². The second kappa shape index (κ2) is 5.47. The number of hydrogen-bond donors (Lipinski definition) is 0. The van der Waals surface area contributed by atoms with Crippen LogP contribution < -0.4 is 0 Å². The summed E-state index contributed by atoms with van der Waals surface area (Å²) in [5, 5.41) is 0.564. The van der Waals surface area contributed by atoms with Crippen LogP contribution in [-0.4, -0.2) is 52.9 Å². The first-order chi connectivity index (χ1) is 9.24. The Balaban J connectivity index is 1.65. The van der Waals surface area contributed by atoms with E-state index in [-0.39, 0.29) is 5.91 Å². The van der Waals surface area contributed by atoms with Gasteiger partial charge in [-0.3, -0.25) is 14.7 Å². The summed E-state index contributed by atoms with van der Waals surface area (Å²) >= 11 is 5.91. The second-order valence-electron chi connectivity index (χ2n) is 5.30. The van der Waals surface area contributed by atoms with Gasteiger partial charge >= 0.3 is 0 Å². The third-order valence-corrected chi connectivity index (χ3v) is 4.28. The quantitative estimate of drug-likeness (QED) is 0.831. The summed E-state index contributed by atoms with van der Waals surface area (Å²) in [5.41, 5.74) is 0.453. The molecular formula is C14H18ClN3O. The van der Waals surface area contributed by atoms with Crippen molar-refractivity contribution in [1.29, 1.82) is 0 Å². The normalized spacial score (nSPS) is 24.1. The Morgan fingerprint density at radius 1 is 1.32 bits per heavy atom. The first-order valence-electron chi connectivity index (χ1n) is 6.89. The van der Waals surface area contributed by atoms with E-state index in [4.69, 9.17) is 11.6 Å². The Morgan fingerprint density at radius 2 is 2.11 bits per heavy atom. The molecular weight excluding hydrogens is 262 g/mol. The van der Waals surface area contributed by atoms with E-state index in [2.05, 4.69) is 9.88 Å². The van der Waals surface area contributed by atoms with Crippen molar-refractivity contribution in [2.75, 3.05) is 26.2 Å². The first kappa shape index (κ1) is 12.9. The van der Waals surface area contributed by atoms with Crippen molar-refractivity contribution in [3.63, 3.8) is 0 Å². The van der Waals surface area contributed by atoms with Gasteiger partial charge in [0.15, 0.2) is 0 Å². The summed E-state index contributed by atoms with van der Waals surface area (Å²) in [7, 11) is 0. The number of rotatable bonds is 2. The summed E-state index contributed by atoms with van der Waals surface area (Å²) in [6, 6.07) is 3.87. The van der Waals surface area contributed by atoms with Gasteiger partial charge in [0.05, 0.1) is 0 Å². The molecule has 1 aromatic rings. The zero-order valence-electron chi connectivity index (χ0n) is 10.9. The molecule has 0 aliphatic carbocycles. The third kappa shape index (κ3) is 2.74. The van der Waals surface area contributed by atoms with Gasteiger partial charge in [-0.05, 0) is 44.5 Å². The lowest BCUT2D eigenvalue weighted by Crippen LogP contribution is -2.37. The molecule has 1 aromatic heterocycles. The minimum absolute atomic E-state index is 0.00389. The summed E-state index contributed by atoms with van der Waals surface area (Å²) in [6.07, 6.45) is 5.25. The molecule has 2 aliphatic rings. The molecule has 0 N–H and O–H groups in total. The topological polar surface area (TPSA) is 36.4 Å². The fraction of sp³-hybridized carbons (Fsp3) is 0.571. The van der Waals surface area contributed by atoms with E-state index in [1.54, 1.807) is 18.3 Å². The fourth-order valence-electron chi connectivity index (χ4n) is 3.01. The molecule has 0 aromatic carbocycles. The molecule has 1 unspecified atom stereocenters.